The fourth-order valence-electron chi connectivity index (χ4n) is 2.13. The normalized spacial score (nSPS) is 12.0. The molecular weight excluding hydrogens is 262 g/mol. The fraction of sp³-hybridized carbons (Fsp3) is 0.333. The predicted molar refractivity (Wildman–Crippen MR) is 87.2 cm³/mol. The van der Waals surface area contributed by atoms with Gasteiger partial charge in [0.1, 0.15) is 11.5 Å². The smallest absolute Gasteiger partial charge is 0.119 e. The Labute approximate surface area is 126 Å². The van der Waals surface area contributed by atoms with Crippen LogP contribution in [0.2, 0.25) is 0 Å². The third kappa shape index (κ3) is 4.42. The molecule has 0 saturated heterocycles. The first-order valence-electron chi connectivity index (χ1n) is 7.25. The molecule has 0 bridgehead atoms. The van der Waals surface area contributed by atoms with Crippen LogP contribution in [0.1, 0.15) is 32.4 Å². The summed E-state index contributed by atoms with van der Waals surface area (Å²) >= 11 is 0. The maximum absolute atomic E-state index is 5.64. The number of rotatable bonds is 6. The van der Waals surface area contributed by atoms with Crippen molar-refractivity contribution in [1.82, 2.24) is 0 Å². The molecule has 0 aromatic heterocycles. The summed E-state index contributed by atoms with van der Waals surface area (Å²) in [4.78, 5) is 0. The molecule has 1 N–H and O–H groups in total. The summed E-state index contributed by atoms with van der Waals surface area (Å²) in [6, 6.07) is 16.4. The van der Waals surface area contributed by atoms with Gasteiger partial charge >= 0.3 is 0 Å². The third-order valence-corrected chi connectivity index (χ3v) is 3.23. The monoisotopic (exact) mass is 285 g/mol. The van der Waals surface area contributed by atoms with Crippen LogP contribution < -0.4 is 14.8 Å². The van der Waals surface area contributed by atoms with Gasteiger partial charge in [0.05, 0.1) is 13.2 Å². The Kier molecular flexibility index (Phi) is 5.09. The highest BCUT2D eigenvalue weighted by molar-refractivity contribution is 5.48. The maximum Gasteiger partial charge on any atom is 0.119 e. The van der Waals surface area contributed by atoms with E-state index in [1.807, 2.05) is 50.2 Å². The largest absolute Gasteiger partial charge is 0.497 e. The van der Waals surface area contributed by atoms with E-state index in [1.165, 1.54) is 5.56 Å². The molecule has 0 heterocycles. The molecule has 0 aliphatic carbocycles. The van der Waals surface area contributed by atoms with Crippen molar-refractivity contribution in [1.29, 1.82) is 0 Å². The molecule has 0 amide bonds. The quantitative estimate of drug-likeness (QED) is 0.837. The van der Waals surface area contributed by atoms with E-state index in [0.717, 1.165) is 17.2 Å². The van der Waals surface area contributed by atoms with Gasteiger partial charge in [-0.05, 0) is 62.7 Å². The summed E-state index contributed by atoms with van der Waals surface area (Å²) in [7, 11) is 1.68. The van der Waals surface area contributed by atoms with Crippen molar-refractivity contribution in [2.45, 2.75) is 32.9 Å². The lowest BCUT2D eigenvalue weighted by molar-refractivity contribution is 0.242. The van der Waals surface area contributed by atoms with E-state index >= 15 is 0 Å². The molecule has 1 unspecified atom stereocenters. The van der Waals surface area contributed by atoms with Crippen molar-refractivity contribution in [3.63, 3.8) is 0 Å². The maximum atomic E-state index is 5.64. The van der Waals surface area contributed by atoms with Gasteiger partial charge in [-0.3, -0.25) is 0 Å². The number of ether oxygens (including phenoxy) is 2. The molecule has 0 saturated carbocycles. The van der Waals surface area contributed by atoms with Crippen molar-refractivity contribution in [2.75, 3.05) is 12.4 Å². The Bertz CT molecular complexity index is 546. The summed E-state index contributed by atoms with van der Waals surface area (Å²) in [6.45, 7) is 6.19. The molecule has 3 nitrogen and oxygen atoms in total. The van der Waals surface area contributed by atoms with Crippen molar-refractivity contribution >= 4 is 5.69 Å². The van der Waals surface area contributed by atoms with E-state index in [2.05, 4.69) is 24.4 Å². The predicted octanol–water partition coefficient (Wildman–Crippen LogP) is 4.66. The lowest BCUT2D eigenvalue weighted by atomic mass is 10.1. The summed E-state index contributed by atoms with van der Waals surface area (Å²) in [5, 5.41) is 3.48. The standard InChI is InChI=1S/C18H23NO2/c1-13(2)21-18-11-7-16(8-12-18)19-14(3)15-5-9-17(20-4)10-6-15/h5-14,19H,1-4H3. The lowest BCUT2D eigenvalue weighted by Crippen LogP contribution is -2.07. The van der Waals surface area contributed by atoms with Gasteiger partial charge in [-0.15, -0.1) is 0 Å². The molecule has 112 valence electrons. The molecule has 2 rings (SSSR count). The molecule has 0 fully saturated rings. The van der Waals surface area contributed by atoms with Gasteiger partial charge in [0.25, 0.3) is 0 Å². The highest BCUT2D eigenvalue weighted by Gasteiger charge is 2.06. The van der Waals surface area contributed by atoms with E-state index in [1.54, 1.807) is 7.11 Å². The number of benzene rings is 2. The summed E-state index contributed by atoms with van der Waals surface area (Å²) < 4.78 is 10.8. The molecule has 2 aromatic carbocycles. The van der Waals surface area contributed by atoms with Gasteiger partial charge in [-0.1, -0.05) is 12.1 Å². The molecule has 0 aliphatic heterocycles. The second-order valence-corrected chi connectivity index (χ2v) is 5.33. The lowest BCUT2D eigenvalue weighted by Gasteiger charge is -2.17. The zero-order valence-corrected chi connectivity index (χ0v) is 13.1. The average molecular weight is 285 g/mol. The molecule has 3 heteroatoms. The Morgan fingerprint density at radius 3 is 1.90 bits per heavy atom. The van der Waals surface area contributed by atoms with E-state index in [9.17, 15) is 0 Å². The van der Waals surface area contributed by atoms with Crippen LogP contribution >= 0.6 is 0 Å². The minimum absolute atomic E-state index is 0.196. The molecule has 0 aliphatic rings. The third-order valence-electron chi connectivity index (χ3n) is 3.23. The van der Waals surface area contributed by atoms with Gasteiger partial charge < -0.3 is 14.8 Å². The van der Waals surface area contributed by atoms with Gasteiger partial charge in [0.15, 0.2) is 0 Å². The van der Waals surface area contributed by atoms with E-state index in [4.69, 9.17) is 9.47 Å². The van der Waals surface area contributed by atoms with Crippen molar-refractivity contribution in [3.05, 3.63) is 54.1 Å². The second-order valence-electron chi connectivity index (χ2n) is 5.33. The number of nitrogens with one attached hydrogen (secondary N) is 1. The van der Waals surface area contributed by atoms with Crippen LogP contribution in [0.15, 0.2) is 48.5 Å². The first-order chi connectivity index (χ1) is 10.1. The van der Waals surface area contributed by atoms with Crippen LogP contribution in [-0.2, 0) is 0 Å². The molecule has 21 heavy (non-hydrogen) atoms. The number of methoxy groups -OCH3 is 1. The van der Waals surface area contributed by atoms with Crippen LogP contribution in [0.25, 0.3) is 0 Å². The average Bonchev–Trinajstić information content (AvgIpc) is 2.49. The number of hydrogen-bond acceptors (Lipinski definition) is 3. The molecule has 0 radical (unpaired) electrons. The Morgan fingerprint density at radius 2 is 1.38 bits per heavy atom. The highest BCUT2D eigenvalue weighted by Crippen LogP contribution is 2.23. The van der Waals surface area contributed by atoms with E-state index < -0.39 is 0 Å². The van der Waals surface area contributed by atoms with Gasteiger partial charge in [0, 0.05) is 11.7 Å². The second kappa shape index (κ2) is 7.02. The number of hydrogen-bond donors (Lipinski definition) is 1. The highest BCUT2D eigenvalue weighted by atomic mass is 16.5. The molecule has 0 spiro atoms. The Hall–Kier alpha value is -2.16. The van der Waals surface area contributed by atoms with Crippen molar-refractivity contribution in [3.8, 4) is 11.5 Å². The summed E-state index contributed by atoms with van der Waals surface area (Å²) in [5.74, 6) is 1.77. The van der Waals surface area contributed by atoms with Crippen LogP contribution in [0.3, 0.4) is 0 Å². The Morgan fingerprint density at radius 1 is 0.810 bits per heavy atom. The topological polar surface area (TPSA) is 30.5 Å². The van der Waals surface area contributed by atoms with Crippen LogP contribution in [0, 0.1) is 0 Å². The van der Waals surface area contributed by atoms with Gasteiger partial charge in [0.2, 0.25) is 0 Å². The SMILES string of the molecule is COc1ccc(C(C)Nc2ccc(OC(C)C)cc2)cc1. The fourth-order valence-corrected chi connectivity index (χ4v) is 2.13. The molecular formula is C18H23NO2. The van der Waals surface area contributed by atoms with Crippen molar-refractivity contribution in [2.24, 2.45) is 0 Å². The van der Waals surface area contributed by atoms with Crippen molar-refractivity contribution < 1.29 is 9.47 Å². The minimum atomic E-state index is 0.196. The zero-order chi connectivity index (χ0) is 15.2. The Balaban J connectivity index is 1.99. The van der Waals surface area contributed by atoms with Crippen LogP contribution in [-0.4, -0.2) is 13.2 Å². The zero-order valence-electron chi connectivity index (χ0n) is 13.1. The first-order valence-corrected chi connectivity index (χ1v) is 7.25. The molecule has 2 aromatic rings. The minimum Gasteiger partial charge on any atom is -0.497 e. The van der Waals surface area contributed by atoms with Crippen LogP contribution in [0.5, 0.6) is 11.5 Å². The first kappa shape index (κ1) is 15.2. The summed E-state index contributed by atoms with van der Waals surface area (Å²) in [5.41, 5.74) is 2.30. The van der Waals surface area contributed by atoms with Gasteiger partial charge in [-0.25, -0.2) is 0 Å². The van der Waals surface area contributed by atoms with E-state index in [0.29, 0.717) is 0 Å². The van der Waals surface area contributed by atoms with E-state index in [-0.39, 0.29) is 12.1 Å². The van der Waals surface area contributed by atoms with Gasteiger partial charge in [-0.2, -0.15) is 0 Å². The van der Waals surface area contributed by atoms with Crippen LogP contribution in [0.4, 0.5) is 5.69 Å². The molecule has 1 atom stereocenters. The summed E-state index contributed by atoms with van der Waals surface area (Å²) in [6.07, 6.45) is 0.196. The number of anilines is 1.